The van der Waals surface area contributed by atoms with Gasteiger partial charge in [-0.1, -0.05) is 36.4 Å². The van der Waals surface area contributed by atoms with Crippen molar-refractivity contribution < 1.29 is 9.59 Å². The van der Waals surface area contributed by atoms with Crippen LogP contribution in [0.15, 0.2) is 66.0 Å². The zero-order valence-electron chi connectivity index (χ0n) is 14.7. The topological polar surface area (TPSA) is 49.4 Å². The number of thiophene rings is 1. The molecule has 0 radical (unpaired) electrons. The molecule has 0 bridgehead atoms. The van der Waals surface area contributed by atoms with Crippen LogP contribution < -0.4 is 5.32 Å². The third kappa shape index (κ3) is 4.18. The molecule has 0 unspecified atom stereocenters. The predicted molar refractivity (Wildman–Crippen MR) is 106 cm³/mol. The van der Waals surface area contributed by atoms with Crippen LogP contribution in [0, 0.1) is 6.92 Å². The molecule has 0 aliphatic heterocycles. The van der Waals surface area contributed by atoms with Crippen LogP contribution in [-0.2, 0) is 6.54 Å². The molecular weight excluding hydrogens is 344 g/mol. The van der Waals surface area contributed by atoms with Gasteiger partial charge in [-0.05, 0) is 47.7 Å². The molecule has 0 fully saturated rings. The molecule has 3 aromatic rings. The van der Waals surface area contributed by atoms with Gasteiger partial charge in [-0.15, -0.1) is 11.3 Å². The van der Waals surface area contributed by atoms with Crippen LogP contribution in [0.2, 0.25) is 0 Å². The van der Waals surface area contributed by atoms with Crippen LogP contribution >= 0.6 is 11.3 Å². The number of hydrogen-bond acceptors (Lipinski definition) is 3. The van der Waals surface area contributed by atoms with Crippen LogP contribution in [0.25, 0.3) is 0 Å². The molecule has 132 valence electrons. The number of carbonyl (C=O) groups excluding carboxylic acids is 2. The van der Waals surface area contributed by atoms with Crippen LogP contribution in [0.5, 0.6) is 0 Å². The van der Waals surface area contributed by atoms with Gasteiger partial charge in [0.05, 0.1) is 4.88 Å². The molecule has 3 rings (SSSR count). The summed E-state index contributed by atoms with van der Waals surface area (Å²) in [6.07, 6.45) is 0. The van der Waals surface area contributed by atoms with Gasteiger partial charge in [0.2, 0.25) is 0 Å². The van der Waals surface area contributed by atoms with E-state index in [1.165, 1.54) is 11.3 Å². The molecule has 0 aliphatic rings. The maximum absolute atomic E-state index is 12.7. The summed E-state index contributed by atoms with van der Waals surface area (Å²) in [5.41, 5.74) is 3.43. The van der Waals surface area contributed by atoms with E-state index in [0.717, 1.165) is 11.1 Å². The molecular formula is C21H20N2O2S. The summed E-state index contributed by atoms with van der Waals surface area (Å²) >= 11 is 1.38. The van der Waals surface area contributed by atoms with Crippen molar-refractivity contribution in [2.75, 3.05) is 12.4 Å². The third-order valence-electron chi connectivity index (χ3n) is 4.13. The Labute approximate surface area is 157 Å². The highest BCUT2D eigenvalue weighted by Gasteiger charge is 2.14. The molecule has 0 saturated carbocycles. The molecule has 1 aromatic heterocycles. The average molecular weight is 364 g/mol. The van der Waals surface area contributed by atoms with Gasteiger partial charge < -0.3 is 10.2 Å². The highest BCUT2D eigenvalue weighted by molar-refractivity contribution is 7.12. The van der Waals surface area contributed by atoms with E-state index in [-0.39, 0.29) is 11.8 Å². The summed E-state index contributed by atoms with van der Waals surface area (Å²) in [6, 6.07) is 18.7. The fourth-order valence-electron chi connectivity index (χ4n) is 2.67. The summed E-state index contributed by atoms with van der Waals surface area (Å²) < 4.78 is 0. The Bertz CT molecular complexity index is 919. The molecule has 1 N–H and O–H groups in total. The van der Waals surface area contributed by atoms with E-state index in [9.17, 15) is 9.59 Å². The maximum atomic E-state index is 12.7. The van der Waals surface area contributed by atoms with Crippen molar-refractivity contribution in [1.82, 2.24) is 4.90 Å². The molecule has 1 heterocycles. The number of nitrogens with zero attached hydrogens (tertiary/aromatic N) is 1. The van der Waals surface area contributed by atoms with Gasteiger partial charge in [0.25, 0.3) is 11.8 Å². The number of anilines is 1. The Hall–Kier alpha value is -2.92. The quantitative estimate of drug-likeness (QED) is 0.720. The summed E-state index contributed by atoms with van der Waals surface area (Å²) in [5.74, 6) is -0.252. The zero-order chi connectivity index (χ0) is 18.5. The van der Waals surface area contributed by atoms with Crippen LogP contribution in [-0.4, -0.2) is 23.8 Å². The lowest BCUT2D eigenvalue weighted by molar-refractivity contribution is 0.0784. The standard InChI is InChI=1S/C21H20N2O2S/c1-15-7-3-4-8-17(15)14-23(2)21(25)16-9-5-10-18(13-16)22-20(24)19-11-6-12-26-19/h3-13H,14H2,1-2H3,(H,22,24). The Balaban J connectivity index is 1.71. The first-order valence-corrected chi connectivity index (χ1v) is 9.17. The van der Waals surface area contributed by atoms with E-state index >= 15 is 0 Å². The molecule has 26 heavy (non-hydrogen) atoms. The van der Waals surface area contributed by atoms with E-state index in [4.69, 9.17) is 0 Å². The first kappa shape index (κ1) is 17.9. The fraction of sp³-hybridized carbons (Fsp3) is 0.143. The zero-order valence-corrected chi connectivity index (χ0v) is 15.5. The van der Waals surface area contributed by atoms with Crippen molar-refractivity contribution in [2.45, 2.75) is 13.5 Å². The minimum Gasteiger partial charge on any atom is -0.337 e. The number of hydrogen-bond donors (Lipinski definition) is 1. The van der Waals surface area contributed by atoms with Crippen LogP contribution in [0.4, 0.5) is 5.69 Å². The molecule has 5 heteroatoms. The van der Waals surface area contributed by atoms with Crippen molar-refractivity contribution in [2.24, 2.45) is 0 Å². The van der Waals surface area contributed by atoms with Gasteiger partial charge in [-0.3, -0.25) is 9.59 Å². The molecule has 0 atom stereocenters. The maximum Gasteiger partial charge on any atom is 0.265 e. The second-order valence-electron chi connectivity index (χ2n) is 6.10. The number of benzene rings is 2. The number of rotatable bonds is 5. The van der Waals surface area contributed by atoms with Gasteiger partial charge >= 0.3 is 0 Å². The second-order valence-corrected chi connectivity index (χ2v) is 7.05. The van der Waals surface area contributed by atoms with E-state index in [1.54, 1.807) is 42.3 Å². The van der Waals surface area contributed by atoms with Gasteiger partial charge in [0.15, 0.2) is 0 Å². The van der Waals surface area contributed by atoms with Gasteiger partial charge in [0, 0.05) is 24.8 Å². The van der Waals surface area contributed by atoms with Gasteiger partial charge in [-0.25, -0.2) is 0 Å². The smallest absolute Gasteiger partial charge is 0.265 e. The molecule has 0 aliphatic carbocycles. The van der Waals surface area contributed by atoms with E-state index in [0.29, 0.717) is 22.7 Å². The average Bonchev–Trinajstić information content (AvgIpc) is 3.18. The number of carbonyl (C=O) groups is 2. The minimum absolute atomic E-state index is 0.0829. The molecule has 2 aromatic carbocycles. The van der Waals surface area contributed by atoms with E-state index in [1.807, 2.05) is 42.6 Å². The summed E-state index contributed by atoms with van der Waals surface area (Å²) in [4.78, 5) is 27.2. The molecule has 0 spiro atoms. The number of amides is 2. The number of nitrogens with one attached hydrogen (secondary N) is 1. The highest BCUT2D eigenvalue weighted by Crippen LogP contribution is 2.17. The van der Waals surface area contributed by atoms with Crippen LogP contribution in [0.1, 0.15) is 31.2 Å². The Kier molecular flexibility index (Phi) is 5.49. The Morgan fingerprint density at radius 3 is 2.58 bits per heavy atom. The lowest BCUT2D eigenvalue weighted by atomic mass is 10.1. The van der Waals surface area contributed by atoms with E-state index < -0.39 is 0 Å². The summed E-state index contributed by atoms with van der Waals surface area (Å²) in [6.45, 7) is 2.58. The second kappa shape index (κ2) is 7.97. The van der Waals surface area contributed by atoms with Crippen molar-refractivity contribution in [3.05, 3.63) is 87.6 Å². The Morgan fingerprint density at radius 2 is 1.85 bits per heavy atom. The highest BCUT2D eigenvalue weighted by atomic mass is 32.1. The van der Waals surface area contributed by atoms with Gasteiger partial charge in [-0.2, -0.15) is 0 Å². The van der Waals surface area contributed by atoms with Crippen molar-refractivity contribution in [3.8, 4) is 0 Å². The Morgan fingerprint density at radius 1 is 1.04 bits per heavy atom. The van der Waals surface area contributed by atoms with E-state index in [2.05, 4.69) is 5.32 Å². The summed E-state index contributed by atoms with van der Waals surface area (Å²) in [5, 5.41) is 4.69. The predicted octanol–water partition coefficient (Wildman–Crippen LogP) is 4.58. The summed E-state index contributed by atoms with van der Waals surface area (Å²) in [7, 11) is 1.78. The van der Waals surface area contributed by atoms with Crippen molar-refractivity contribution in [3.63, 3.8) is 0 Å². The van der Waals surface area contributed by atoms with Crippen molar-refractivity contribution >= 4 is 28.8 Å². The molecule has 0 saturated heterocycles. The molecule has 4 nitrogen and oxygen atoms in total. The lowest BCUT2D eigenvalue weighted by Crippen LogP contribution is -2.26. The fourth-order valence-corrected chi connectivity index (χ4v) is 3.28. The SMILES string of the molecule is Cc1ccccc1CN(C)C(=O)c1cccc(NC(=O)c2cccs2)c1. The molecule has 2 amide bonds. The third-order valence-corrected chi connectivity index (χ3v) is 5.00. The normalized spacial score (nSPS) is 10.4. The number of aryl methyl sites for hydroxylation is 1. The van der Waals surface area contributed by atoms with Crippen molar-refractivity contribution in [1.29, 1.82) is 0 Å². The van der Waals surface area contributed by atoms with Gasteiger partial charge in [0.1, 0.15) is 0 Å². The largest absolute Gasteiger partial charge is 0.337 e. The minimum atomic E-state index is -0.169. The van der Waals surface area contributed by atoms with Crippen LogP contribution in [0.3, 0.4) is 0 Å². The lowest BCUT2D eigenvalue weighted by Gasteiger charge is -2.19. The monoisotopic (exact) mass is 364 g/mol. The first-order valence-electron chi connectivity index (χ1n) is 8.29. The first-order chi connectivity index (χ1) is 12.5.